The van der Waals surface area contributed by atoms with Crippen LogP contribution in [0.25, 0.3) is 11.2 Å². The quantitative estimate of drug-likeness (QED) is 0.193. The van der Waals surface area contributed by atoms with Crippen LogP contribution in [0.4, 0.5) is 14.5 Å². The van der Waals surface area contributed by atoms with Gasteiger partial charge in [-0.2, -0.15) is 8.78 Å². The van der Waals surface area contributed by atoms with Crippen molar-refractivity contribution in [2.45, 2.75) is 39.3 Å². The molecular weight excluding hydrogens is 484 g/mol. The number of benzene rings is 1. The Morgan fingerprint density at radius 1 is 1.24 bits per heavy atom. The van der Waals surface area contributed by atoms with Gasteiger partial charge in [0.2, 0.25) is 0 Å². The number of ether oxygens (including phenoxy) is 1. The first kappa shape index (κ1) is 29.3. The van der Waals surface area contributed by atoms with Crippen molar-refractivity contribution in [3.63, 3.8) is 0 Å². The van der Waals surface area contributed by atoms with Crippen molar-refractivity contribution in [3.8, 4) is 5.75 Å². The van der Waals surface area contributed by atoms with E-state index >= 15 is 0 Å². The standard InChI is InChI=1S/C22H24F2N6O3.C3H9N/c1-22(2,3)30-20(32)14-10-27-19-18(14)29-16(11-28-19)17(25)13-9-12(33-21(23)24)5-6-15(13)26-7-4-8-31;1-4(2)3/h5-6,8-11,21,25-26H,4,7H2,1-3H3,(H,27,28)(H,30,32);1-3H3. The van der Waals surface area contributed by atoms with Gasteiger partial charge >= 0.3 is 6.61 Å². The molecule has 1 aromatic carbocycles. The minimum absolute atomic E-state index is 0.124. The minimum atomic E-state index is -3.03. The maximum atomic E-state index is 12.7. The number of hydrogen-bond acceptors (Lipinski definition) is 8. The van der Waals surface area contributed by atoms with Crippen LogP contribution in [-0.2, 0) is 4.79 Å². The number of halogens is 2. The van der Waals surface area contributed by atoms with Crippen LogP contribution < -0.4 is 15.4 Å². The first-order valence-corrected chi connectivity index (χ1v) is 11.5. The summed E-state index contributed by atoms with van der Waals surface area (Å²) in [6.45, 7) is 2.81. The SMILES string of the molecule is CC(C)(C)NC(=O)c1c[nH]c2ncc(C(=N)c3cc(OC(F)F)ccc3NCCC=O)nc12.CN(C)C. The monoisotopic (exact) mass is 517 g/mol. The van der Waals surface area contributed by atoms with Gasteiger partial charge in [-0.15, -0.1) is 0 Å². The van der Waals surface area contributed by atoms with E-state index in [-0.39, 0.29) is 46.1 Å². The number of nitrogens with zero attached hydrogens (tertiary/aromatic N) is 3. The maximum absolute atomic E-state index is 12.7. The van der Waals surface area contributed by atoms with Gasteiger partial charge in [-0.05, 0) is 60.1 Å². The van der Waals surface area contributed by atoms with Crippen molar-refractivity contribution in [2.75, 3.05) is 33.0 Å². The Kier molecular flexibility index (Phi) is 10.2. The molecule has 0 unspecified atom stereocenters. The van der Waals surface area contributed by atoms with Crippen LogP contribution >= 0.6 is 0 Å². The molecule has 0 aliphatic heterocycles. The number of hydrogen-bond donors (Lipinski definition) is 4. The zero-order chi connectivity index (χ0) is 27.8. The summed E-state index contributed by atoms with van der Waals surface area (Å²) < 4.78 is 29.9. The molecule has 0 atom stereocenters. The third kappa shape index (κ3) is 8.90. The second kappa shape index (κ2) is 12.9. The van der Waals surface area contributed by atoms with Crippen LogP contribution in [0.2, 0.25) is 0 Å². The smallest absolute Gasteiger partial charge is 0.387 e. The van der Waals surface area contributed by atoms with E-state index in [9.17, 15) is 18.4 Å². The Balaban J connectivity index is 0.00000112. The fourth-order valence-electron chi connectivity index (χ4n) is 3.06. The molecule has 0 spiro atoms. The summed E-state index contributed by atoms with van der Waals surface area (Å²) in [5.74, 6) is -0.484. The highest BCUT2D eigenvalue weighted by molar-refractivity contribution is 6.14. The predicted molar refractivity (Wildman–Crippen MR) is 139 cm³/mol. The summed E-state index contributed by atoms with van der Waals surface area (Å²) in [6, 6.07) is 4.10. The number of carbonyl (C=O) groups excluding carboxylic acids is 2. The van der Waals surface area contributed by atoms with Crippen molar-refractivity contribution < 1.29 is 23.1 Å². The molecule has 12 heteroatoms. The molecular formula is C25H33F2N7O3. The second-order valence-corrected chi connectivity index (χ2v) is 9.54. The fraction of sp³-hybridized carbons (Fsp3) is 0.400. The molecule has 3 aromatic rings. The number of carbonyl (C=O) groups is 2. The fourth-order valence-corrected chi connectivity index (χ4v) is 3.06. The molecule has 0 aliphatic rings. The summed E-state index contributed by atoms with van der Waals surface area (Å²) in [5, 5.41) is 14.5. The van der Waals surface area contributed by atoms with Gasteiger partial charge < -0.3 is 30.0 Å². The molecule has 37 heavy (non-hydrogen) atoms. The van der Waals surface area contributed by atoms with Gasteiger partial charge in [0.1, 0.15) is 23.2 Å². The zero-order valence-corrected chi connectivity index (χ0v) is 21.8. The maximum Gasteiger partial charge on any atom is 0.387 e. The van der Waals surface area contributed by atoms with E-state index in [1.54, 1.807) is 0 Å². The van der Waals surface area contributed by atoms with Gasteiger partial charge in [-0.3, -0.25) is 10.2 Å². The second-order valence-electron chi connectivity index (χ2n) is 9.54. The summed E-state index contributed by atoms with van der Waals surface area (Å²) in [6.07, 6.45) is 3.80. The van der Waals surface area contributed by atoms with Crippen LogP contribution in [-0.4, -0.2) is 77.6 Å². The molecule has 2 heterocycles. The van der Waals surface area contributed by atoms with Crippen molar-refractivity contribution >= 4 is 34.8 Å². The number of nitrogens with one attached hydrogen (secondary N) is 4. The third-order valence-electron chi connectivity index (χ3n) is 4.43. The van der Waals surface area contributed by atoms with Gasteiger partial charge in [0.15, 0.2) is 5.65 Å². The van der Waals surface area contributed by atoms with Crippen LogP contribution in [0, 0.1) is 5.41 Å². The molecule has 0 bridgehead atoms. The van der Waals surface area contributed by atoms with Crippen molar-refractivity contribution in [3.05, 3.63) is 47.4 Å². The van der Waals surface area contributed by atoms with Crippen molar-refractivity contribution in [1.82, 2.24) is 25.2 Å². The number of amides is 1. The van der Waals surface area contributed by atoms with Crippen molar-refractivity contribution in [1.29, 1.82) is 5.41 Å². The molecule has 4 N–H and O–H groups in total. The first-order valence-electron chi connectivity index (χ1n) is 11.5. The summed E-state index contributed by atoms with van der Waals surface area (Å²) in [5.41, 5.74) is 1.10. The third-order valence-corrected chi connectivity index (χ3v) is 4.43. The van der Waals surface area contributed by atoms with Crippen molar-refractivity contribution in [2.24, 2.45) is 0 Å². The average Bonchev–Trinajstić information content (AvgIpc) is 3.21. The Morgan fingerprint density at radius 2 is 1.92 bits per heavy atom. The topological polar surface area (TPSA) is 136 Å². The van der Waals surface area contributed by atoms with Crippen LogP contribution in [0.1, 0.15) is 48.8 Å². The number of anilines is 1. The van der Waals surface area contributed by atoms with E-state index in [1.807, 2.05) is 46.8 Å². The normalized spacial score (nSPS) is 11.2. The highest BCUT2D eigenvalue weighted by Crippen LogP contribution is 2.26. The lowest BCUT2D eigenvalue weighted by molar-refractivity contribution is -0.107. The number of aldehydes is 1. The highest BCUT2D eigenvalue weighted by atomic mass is 19.3. The number of rotatable bonds is 9. The van der Waals surface area contributed by atoms with E-state index in [4.69, 9.17) is 5.41 Å². The number of fused-ring (bicyclic) bond motifs is 1. The van der Waals surface area contributed by atoms with Gasteiger partial charge in [-0.25, -0.2) is 9.97 Å². The Hall–Kier alpha value is -3.93. The van der Waals surface area contributed by atoms with E-state index < -0.39 is 12.2 Å². The Labute approximate surface area is 214 Å². The molecule has 0 fully saturated rings. The number of H-pyrrole nitrogens is 1. The van der Waals surface area contributed by atoms with Crippen LogP contribution in [0.3, 0.4) is 0 Å². The number of aromatic amines is 1. The Bertz CT molecular complexity index is 1230. The summed E-state index contributed by atoms with van der Waals surface area (Å²) in [7, 11) is 6.00. The lowest BCUT2D eigenvalue weighted by Crippen LogP contribution is -2.40. The summed E-state index contributed by atoms with van der Waals surface area (Å²) in [4.78, 5) is 36.9. The molecule has 2 aromatic heterocycles. The van der Waals surface area contributed by atoms with Gasteiger partial charge in [0.05, 0.1) is 17.5 Å². The molecule has 200 valence electrons. The average molecular weight is 518 g/mol. The predicted octanol–water partition coefficient (Wildman–Crippen LogP) is 3.68. The minimum Gasteiger partial charge on any atom is -0.435 e. The molecule has 0 saturated heterocycles. The van der Waals surface area contributed by atoms with Gasteiger partial charge in [0.25, 0.3) is 5.91 Å². The van der Waals surface area contributed by atoms with Crippen LogP contribution in [0.15, 0.2) is 30.6 Å². The van der Waals surface area contributed by atoms with E-state index in [1.165, 1.54) is 30.6 Å². The van der Waals surface area contributed by atoms with E-state index in [0.29, 0.717) is 17.9 Å². The molecule has 3 rings (SSSR count). The highest BCUT2D eigenvalue weighted by Gasteiger charge is 2.21. The van der Waals surface area contributed by atoms with Gasteiger partial charge in [0, 0.05) is 36.0 Å². The summed E-state index contributed by atoms with van der Waals surface area (Å²) >= 11 is 0. The lowest BCUT2D eigenvalue weighted by Gasteiger charge is -2.20. The number of alkyl halides is 2. The lowest BCUT2D eigenvalue weighted by atomic mass is 10.0. The molecule has 1 amide bonds. The Morgan fingerprint density at radius 3 is 2.51 bits per heavy atom. The molecule has 0 radical (unpaired) electrons. The van der Waals surface area contributed by atoms with E-state index in [0.717, 1.165) is 6.29 Å². The largest absolute Gasteiger partial charge is 0.435 e. The molecule has 0 saturated carbocycles. The van der Waals surface area contributed by atoms with E-state index in [2.05, 4.69) is 30.3 Å². The van der Waals surface area contributed by atoms with Crippen LogP contribution in [0.5, 0.6) is 5.75 Å². The van der Waals surface area contributed by atoms with Gasteiger partial charge in [-0.1, -0.05) is 0 Å². The molecule has 0 aliphatic carbocycles. The first-order chi connectivity index (χ1) is 17.3. The number of aromatic nitrogens is 3. The molecule has 10 nitrogen and oxygen atoms in total. The zero-order valence-electron chi connectivity index (χ0n) is 21.8.